The number of rotatable bonds is 7. The highest BCUT2D eigenvalue weighted by molar-refractivity contribution is 5.34. The Hall–Kier alpha value is -0.860. The van der Waals surface area contributed by atoms with E-state index < -0.39 is 5.79 Å². The molecule has 0 aromatic heterocycles. The van der Waals surface area contributed by atoms with E-state index in [-0.39, 0.29) is 6.10 Å². The maximum absolute atomic E-state index is 9.61. The van der Waals surface area contributed by atoms with Crippen molar-refractivity contribution in [3.8, 4) is 0 Å². The zero-order valence-electron chi connectivity index (χ0n) is 12.4. The van der Waals surface area contributed by atoms with E-state index in [1.54, 1.807) is 6.08 Å². The van der Waals surface area contributed by atoms with Gasteiger partial charge in [-0.2, -0.15) is 0 Å². The van der Waals surface area contributed by atoms with Crippen LogP contribution in [0.2, 0.25) is 0 Å². The number of hydrogen-bond donors (Lipinski definition) is 1. The molecular formula is C17H28O2. The summed E-state index contributed by atoms with van der Waals surface area (Å²) < 4.78 is 5.16. The van der Waals surface area contributed by atoms with E-state index in [0.29, 0.717) is 0 Å². The Morgan fingerprint density at radius 3 is 2.58 bits per heavy atom. The summed E-state index contributed by atoms with van der Waals surface area (Å²) in [6.07, 6.45) is 13.5. The fourth-order valence-electron chi connectivity index (χ4n) is 2.34. The molecule has 0 saturated carbocycles. The molecule has 0 radical (unpaired) electrons. The van der Waals surface area contributed by atoms with Crippen LogP contribution < -0.4 is 0 Å². The van der Waals surface area contributed by atoms with Crippen molar-refractivity contribution in [2.75, 3.05) is 0 Å². The molecule has 0 aromatic carbocycles. The van der Waals surface area contributed by atoms with Crippen LogP contribution in [0.25, 0.3) is 0 Å². The number of fused-ring (bicyclic) bond motifs is 1. The lowest BCUT2D eigenvalue weighted by Crippen LogP contribution is -2.11. The van der Waals surface area contributed by atoms with Crippen LogP contribution in [-0.4, -0.2) is 17.0 Å². The minimum atomic E-state index is -0.944. The second-order valence-electron chi connectivity index (χ2n) is 5.71. The van der Waals surface area contributed by atoms with Crippen molar-refractivity contribution in [3.63, 3.8) is 0 Å². The molecule has 108 valence electrons. The third-order valence-corrected chi connectivity index (χ3v) is 3.56. The first-order valence-electron chi connectivity index (χ1n) is 7.40. The quantitative estimate of drug-likeness (QED) is 0.421. The molecule has 2 atom stereocenters. The minimum Gasteiger partial charge on any atom is -0.360 e. The van der Waals surface area contributed by atoms with Crippen molar-refractivity contribution in [2.45, 2.75) is 64.3 Å². The Kier molecular flexibility index (Phi) is 6.53. The van der Waals surface area contributed by atoms with Gasteiger partial charge in [-0.05, 0) is 36.5 Å². The van der Waals surface area contributed by atoms with Crippen molar-refractivity contribution in [3.05, 3.63) is 37.0 Å². The van der Waals surface area contributed by atoms with E-state index in [4.69, 9.17) is 4.74 Å². The number of aliphatic hydroxyl groups is 1. The lowest BCUT2D eigenvalue weighted by atomic mass is 9.98. The zero-order chi connectivity index (χ0) is 14.3. The summed E-state index contributed by atoms with van der Waals surface area (Å²) in [6, 6.07) is 0. The van der Waals surface area contributed by atoms with Gasteiger partial charge in [0.1, 0.15) is 6.10 Å². The molecular weight excluding hydrogens is 236 g/mol. The van der Waals surface area contributed by atoms with Gasteiger partial charge in [-0.1, -0.05) is 45.6 Å². The molecule has 1 aliphatic heterocycles. The van der Waals surface area contributed by atoms with Gasteiger partial charge >= 0.3 is 0 Å². The Morgan fingerprint density at radius 2 is 1.95 bits per heavy atom. The van der Waals surface area contributed by atoms with Gasteiger partial charge < -0.3 is 9.84 Å². The topological polar surface area (TPSA) is 32.8 Å². The van der Waals surface area contributed by atoms with Crippen LogP contribution in [0.15, 0.2) is 37.0 Å². The highest BCUT2D eigenvalue weighted by Gasteiger charge is 2.53. The maximum Gasteiger partial charge on any atom is 0.217 e. The SMILES string of the molecule is C=C.CC(C)CCCCCCC1=CC2OC2(O)C=C1. The summed E-state index contributed by atoms with van der Waals surface area (Å²) in [7, 11) is 0. The van der Waals surface area contributed by atoms with Crippen LogP contribution in [0.1, 0.15) is 52.4 Å². The van der Waals surface area contributed by atoms with Crippen molar-refractivity contribution >= 4 is 0 Å². The van der Waals surface area contributed by atoms with Gasteiger partial charge in [0.15, 0.2) is 0 Å². The third kappa shape index (κ3) is 5.33. The number of ether oxygens (including phenoxy) is 1. The van der Waals surface area contributed by atoms with E-state index in [1.165, 1.54) is 37.7 Å². The van der Waals surface area contributed by atoms with Gasteiger partial charge in [-0.25, -0.2) is 0 Å². The second-order valence-corrected chi connectivity index (χ2v) is 5.71. The molecule has 19 heavy (non-hydrogen) atoms. The van der Waals surface area contributed by atoms with Crippen LogP contribution in [0, 0.1) is 5.92 Å². The van der Waals surface area contributed by atoms with Crippen molar-refractivity contribution in [2.24, 2.45) is 5.92 Å². The average Bonchev–Trinajstić information content (AvgIpc) is 3.06. The predicted molar refractivity (Wildman–Crippen MR) is 80.8 cm³/mol. The number of allylic oxidation sites excluding steroid dienone is 2. The van der Waals surface area contributed by atoms with E-state index in [1.807, 2.05) is 6.08 Å². The lowest BCUT2D eigenvalue weighted by Gasteiger charge is -2.07. The number of epoxide rings is 1. The molecule has 1 fully saturated rings. The van der Waals surface area contributed by atoms with Crippen LogP contribution in [0.3, 0.4) is 0 Å². The number of unbranched alkanes of at least 4 members (excludes halogenated alkanes) is 3. The summed E-state index contributed by atoms with van der Waals surface area (Å²) in [5.74, 6) is -0.107. The van der Waals surface area contributed by atoms with E-state index in [9.17, 15) is 5.11 Å². The molecule has 2 unspecified atom stereocenters. The fourth-order valence-corrected chi connectivity index (χ4v) is 2.34. The molecule has 1 N–H and O–H groups in total. The largest absolute Gasteiger partial charge is 0.360 e. The van der Waals surface area contributed by atoms with E-state index >= 15 is 0 Å². The summed E-state index contributed by atoms with van der Waals surface area (Å²) in [5.41, 5.74) is 1.32. The molecule has 1 heterocycles. The first-order chi connectivity index (χ1) is 9.10. The highest BCUT2D eigenvalue weighted by atomic mass is 16.7. The predicted octanol–water partition coefficient (Wildman–Crippen LogP) is 4.37. The maximum atomic E-state index is 9.61. The van der Waals surface area contributed by atoms with Gasteiger partial charge in [0.2, 0.25) is 5.79 Å². The molecule has 2 rings (SSSR count). The molecule has 1 saturated heterocycles. The standard InChI is InChI=1S/C15H24O2.C2H4/c1-12(2)7-5-3-4-6-8-13-9-10-15(16)14(11-13)17-15;1-2/h9-12,14,16H,3-8H2,1-2H3;1-2H2. The van der Waals surface area contributed by atoms with Crippen LogP contribution >= 0.6 is 0 Å². The Morgan fingerprint density at radius 1 is 1.26 bits per heavy atom. The Labute approximate surface area is 117 Å². The summed E-state index contributed by atoms with van der Waals surface area (Å²) in [4.78, 5) is 0. The molecule has 2 nitrogen and oxygen atoms in total. The molecule has 0 aromatic rings. The molecule has 2 aliphatic rings. The first-order valence-corrected chi connectivity index (χ1v) is 7.40. The summed E-state index contributed by atoms with van der Waals surface area (Å²) >= 11 is 0. The normalized spacial score (nSPS) is 27.4. The van der Waals surface area contributed by atoms with Crippen LogP contribution in [0.4, 0.5) is 0 Å². The van der Waals surface area contributed by atoms with E-state index in [0.717, 1.165) is 12.3 Å². The number of hydrogen-bond acceptors (Lipinski definition) is 2. The van der Waals surface area contributed by atoms with Gasteiger partial charge in [-0.3, -0.25) is 0 Å². The van der Waals surface area contributed by atoms with Gasteiger partial charge in [-0.15, -0.1) is 13.2 Å². The molecule has 2 heteroatoms. The van der Waals surface area contributed by atoms with Gasteiger partial charge in [0, 0.05) is 0 Å². The fraction of sp³-hybridized carbons (Fsp3) is 0.647. The Bertz CT molecular complexity index is 330. The molecule has 1 aliphatic carbocycles. The summed E-state index contributed by atoms with van der Waals surface area (Å²) in [5, 5.41) is 9.61. The monoisotopic (exact) mass is 264 g/mol. The minimum absolute atomic E-state index is 0.0663. The first kappa shape index (κ1) is 16.2. The lowest BCUT2D eigenvalue weighted by molar-refractivity contribution is 0.0825. The highest BCUT2D eigenvalue weighted by Crippen LogP contribution is 2.40. The van der Waals surface area contributed by atoms with Gasteiger partial charge in [0.05, 0.1) is 0 Å². The van der Waals surface area contributed by atoms with Crippen molar-refractivity contribution in [1.82, 2.24) is 0 Å². The average molecular weight is 264 g/mol. The third-order valence-electron chi connectivity index (χ3n) is 3.56. The smallest absolute Gasteiger partial charge is 0.217 e. The summed E-state index contributed by atoms with van der Waals surface area (Å²) in [6.45, 7) is 10.6. The van der Waals surface area contributed by atoms with Crippen LogP contribution in [-0.2, 0) is 4.74 Å². The molecule has 0 spiro atoms. The van der Waals surface area contributed by atoms with Crippen LogP contribution in [0.5, 0.6) is 0 Å². The van der Waals surface area contributed by atoms with Gasteiger partial charge in [0.25, 0.3) is 0 Å². The Balaban J connectivity index is 0.000000861. The van der Waals surface area contributed by atoms with Crippen molar-refractivity contribution < 1.29 is 9.84 Å². The zero-order valence-corrected chi connectivity index (χ0v) is 12.4. The molecule has 0 amide bonds. The second kappa shape index (κ2) is 7.66. The van der Waals surface area contributed by atoms with Crippen molar-refractivity contribution in [1.29, 1.82) is 0 Å². The molecule has 0 bridgehead atoms. The van der Waals surface area contributed by atoms with E-state index in [2.05, 4.69) is 33.1 Å².